The number of carbonyl (C=O) groups excluding carboxylic acids is 1. The van der Waals surface area contributed by atoms with Crippen LogP contribution in [0.4, 0.5) is 0 Å². The van der Waals surface area contributed by atoms with E-state index in [4.69, 9.17) is 11.6 Å². The molecule has 0 atom stereocenters. The highest BCUT2D eigenvalue weighted by Crippen LogP contribution is 2.22. The quantitative estimate of drug-likeness (QED) is 0.862. The molecule has 0 heterocycles. The van der Waals surface area contributed by atoms with E-state index in [-0.39, 0.29) is 11.7 Å². The number of hydrogen-bond donors (Lipinski definition) is 1. The molecule has 1 aromatic rings. The summed E-state index contributed by atoms with van der Waals surface area (Å²) in [5.41, 5.74) is 0.348. The van der Waals surface area contributed by atoms with Gasteiger partial charge in [0, 0.05) is 13.1 Å². The summed E-state index contributed by atoms with van der Waals surface area (Å²) in [6.07, 6.45) is 0. The SMILES string of the molecule is CCN(CC)C(=O)c1cc(O)ccc1Cl. The maximum Gasteiger partial charge on any atom is 0.255 e. The molecular formula is C11H14ClNO2. The van der Waals surface area contributed by atoms with Crippen molar-refractivity contribution in [2.24, 2.45) is 0 Å². The zero-order chi connectivity index (χ0) is 11.4. The topological polar surface area (TPSA) is 40.5 Å². The minimum absolute atomic E-state index is 0.0508. The predicted molar refractivity (Wildman–Crippen MR) is 60.4 cm³/mol. The lowest BCUT2D eigenvalue weighted by Crippen LogP contribution is -2.30. The molecule has 1 aromatic carbocycles. The summed E-state index contributed by atoms with van der Waals surface area (Å²) in [5.74, 6) is -0.101. The summed E-state index contributed by atoms with van der Waals surface area (Å²) < 4.78 is 0. The summed E-state index contributed by atoms with van der Waals surface area (Å²) in [6.45, 7) is 5.05. The predicted octanol–water partition coefficient (Wildman–Crippen LogP) is 2.53. The normalized spacial score (nSPS) is 10.1. The Bertz CT molecular complexity index is 362. The summed E-state index contributed by atoms with van der Waals surface area (Å²) >= 11 is 5.89. The van der Waals surface area contributed by atoms with E-state index in [1.54, 1.807) is 4.90 Å². The van der Waals surface area contributed by atoms with Gasteiger partial charge in [-0.15, -0.1) is 0 Å². The van der Waals surface area contributed by atoms with Crippen molar-refractivity contribution >= 4 is 17.5 Å². The number of rotatable bonds is 3. The zero-order valence-corrected chi connectivity index (χ0v) is 9.58. The standard InChI is InChI=1S/C11H14ClNO2/c1-3-13(4-2)11(15)9-7-8(14)5-6-10(9)12/h5-7,14H,3-4H2,1-2H3. The minimum Gasteiger partial charge on any atom is -0.508 e. The van der Waals surface area contributed by atoms with Crippen LogP contribution < -0.4 is 0 Å². The molecule has 0 aliphatic heterocycles. The molecule has 0 bridgehead atoms. The van der Waals surface area contributed by atoms with Crippen LogP contribution in [0.2, 0.25) is 5.02 Å². The molecule has 4 heteroatoms. The Hall–Kier alpha value is -1.22. The molecule has 0 aliphatic rings. The second kappa shape index (κ2) is 5.03. The Kier molecular flexibility index (Phi) is 3.97. The van der Waals surface area contributed by atoms with Crippen molar-refractivity contribution in [3.05, 3.63) is 28.8 Å². The van der Waals surface area contributed by atoms with Gasteiger partial charge in [-0.3, -0.25) is 4.79 Å². The van der Waals surface area contributed by atoms with Crippen molar-refractivity contribution in [3.63, 3.8) is 0 Å². The van der Waals surface area contributed by atoms with Crippen LogP contribution in [-0.4, -0.2) is 29.0 Å². The van der Waals surface area contributed by atoms with Gasteiger partial charge in [0.15, 0.2) is 0 Å². The number of phenolic OH excluding ortho intramolecular Hbond substituents is 1. The molecule has 15 heavy (non-hydrogen) atoms. The molecule has 1 rings (SSSR count). The second-order valence-electron chi connectivity index (χ2n) is 3.14. The summed E-state index contributed by atoms with van der Waals surface area (Å²) in [6, 6.07) is 4.37. The Balaban J connectivity index is 3.04. The highest BCUT2D eigenvalue weighted by atomic mass is 35.5. The van der Waals surface area contributed by atoms with Crippen molar-refractivity contribution in [3.8, 4) is 5.75 Å². The summed E-state index contributed by atoms with van der Waals surface area (Å²) in [7, 11) is 0. The van der Waals surface area contributed by atoms with Crippen molar-refractivity contribution in [2.75, 3.05) is 13.1 Å². The van der Waals surface area contributed by atoms with E-state index in [0.717, 1.165) is 0 Å². The van der Waals surface area contributed by atoms with Crippen LogP contribution in [0.3, 0.4) is 0 Å². The van der Waals surface area contributed by atoms with Gasteiger partial charge in [0.05, 0.1) is 10.6 Å². The van der Waals surface area contributed by atoms with Gasteiger partial charge in [-0.05, 0) is 32.0 Å². The molecule has 0 aliphatic carbocycles. The number of phenols is 1. The van der Waals surface area contributed by atoms with E-state index >= 15 is 0 Å². The van der Waals surface area contributed by atoms with E-state index in [2.05, 4.69) is 0 Å². The molecule has 82 valence electrons. The number of aromatic hydroxyl groups is 1. The Morgan fingerprint density at radius 3 is 2.53 bits per heavy atom. The first kappa shape index (κ1) is 11.9. The van der Waals surface area contributed by atoms with E-state index in [1.165, 1.54) is 18.2 Å². The van der Waals surface area contributed by atoms with Crippen LogP contribution >= 0.6 is 11.6 Å². The van der Waals surface area contributed by atoms with E-state index < -0.39 is 0 Å². The van der Waals surface area contributed by atoms with E-state index in [0.29, 0.717) is 23.7 Å². The van der Waals surface area contributed by atoms with Crippen LogP contribution in [0.5, 0.6) is 5.75 Å². The van der Waals surface area contributed by atoms with Gasteiger partial charge in [-0.2, -0.15) is 0 Å². The Morgan fingerprint density at radius 1 is 1.40 bits per heavy atom. The number of halogens is 1. The summed E-state index contributed by atoms with van der Waals surface area (Å²) in [4.78, 5) is 13.6. The lowest BCUT2D eigenvalue weighted by Gasteiger charge is -2.19. The molecule has 0 saturated carbocycles. The smallest absolute Gasteiger partial charge is 0.255 e. The van der Waals surface area contributed by atoms with Crippen LogP contribution in [0.15, 0.2) is 18.2 Å². The Morgan fingerprint density at radius 2 is 2.00 bits per heavy atom. The molecule has 0 radical (unpaired) electrons. The maximum absolute atomic E-state index is 11.9. The van der Waals surface area contributed by atoms with Gasteiger partial charge in [0.25, 0.3) is 5.91 Å². The van der Waals surface area contributed by atoms with Crippen molar-refractivity contribution in [1.29, 1.82) is 0 Å². The third-order valence-corrected chi connectivity index (χ3v) is 2.56. The van der Waals surface area contributed by atoms with E-state index in [1.807, 2.05) is 13.8 Å². The first-order chi connectivity index (χ1) is 7.10. The molecule has 1 N–H and O–H groups in total. The largest absolute Gasteiger partial charge is 0.508 e. The third-order valence-electron chi connectivity index (χ3n) is 2.23. The average Bonchev–Trinajstić information content (AvgIpc) is 2.23. The minimum atomic E-state index is -0.152. The molecule has 3 nitrogen and oxygen atoms in total. The van der Waals surface area contributed by atoms with Crippen LogP contribution in [0.25, 0.3) is 0 Å². The number of carbonyl (C=O) groups is 1. The highest BCUT2D eigenvalue weighted by molar-refractivity contribution is 6.33. The molecule has 0 fully saturated rings. The van der Waals surface area contributed by atoms with Crippen molar-refractivity contribution < 1.29 is 9.90 Å². The first-order valence-corrected chi connectivity index (χ1v) is 5.25. The second-order valence-corrected chi connectivity index (χ2v) is 3.55. The molecular weight excluding hydrogens is 214 g/mol. The number of amides is 1. The van der Waals surface area contributed by atoms with Gasteiger partial charge in [0.2, 0.25) is 0 Å². The van der Waals surface area contributed by atoms with Gasteiger partial charge < -0.3 is 10.0 Å². The first-order valence-electron chi connectivity index (χ1n) is 4.88. The van der Waals surface area contributed by atoms with Gasteiger partial charge in [-0.25, -0.2) is 0 Å². The lowest BCUT2D eigenvalue weighted by molar-refractivity contribution is 0.0773. The molecule has 0 spiro atoms. The molecule has 1 amide bonds. The molecule has 0 unspecified atom stereocenters. The summed E-state index contributed by atoms with van der Waals surface area (Å²) in [5, 5.41) is 9.65. The average molecular weight is 228 g/mol. The monoisotopic (exact) mass is 227 g/mol. The number of nitrogens with zero attached hydrogens (tertiary/aromatic N) is 1. The fraction of sp³-hybridized carbons (Fsp3) is 0.364. The highest BCUT2D eigenvalue weighted by Gasteiger charge is 2.16. The van der Waals surface area contributed by atoms with Crippen LogP contribution in [0, 0.1) is 0 Å². The third kappa shape index (κ3) is 2.63. The number of hydrogen-bond acceptors (Lipinski definition) is 2. The van der Waals surface area contributed by atoms with Crippen molar-refractivity contribution in [2.45, 2.75) is 13.8 Å². The lowest BCUT2D eigenvalue weighted by atomic mass is 10.2. The fourth-order valence-corrected chi connectivity index (χ4v) is 1.56. The van der Waals surface area contributed by atoms with Crippen LogP contribution in [-0.2, 0) is 0 Å². The van der Waals surface area contributed by atoms with Crippen molar-refractivity contribution in [1.82, 2.24) is 4.90 Å². The van der Waals surface area contributed by atoms with Crippen LogP contribution in [0.1, 0.15) is 24.2 Å². The van der Waals surface area contributed by atoms with Gasteiger partial charge >= 0.3 is 0 Å². The van der Waals surface area contributed by atoms with Gasteiger partial charge in [-0.1, -0.05) is 11.6 Å². The molecule has 0 saturated heterocycles. The maximum atomic E-state index is 11.9. The van der Waals surface area contributed by atoms with Gasteiger partial charge in [0.1, 0.15) is 5.75 Å². The molecule has 0 aromatic heterocycles. The fourth-order valence-electron chi connectivity index (χ4n) is 1.36. The zero-order valence-electron chi connectivity index (χ0n) is 8.83. The Labute approximate surface area is 94.3 Å². The number of benzene rings is 1. The van der Waals surface area contributed by atoms with E-state index in [9.17, 15) is 9.90 Å².